The van der Waals surface area contributed by atoms with Gasteiger partial charge in [0.15, 0.2) is 0 Å². The predicted molar refractivity (Wildman–Crippen MR) is 54.4 cm³/mol. The number of phenols is 1. The van der Waals surface area contributed by atoms with Gasteiger partial charge >= 0.3 is 0 Å². The number of rotatable bonds is 1. The first-order valence-corrected chi connectivity index (χ1v) is 4.67. The van der Waals surface area contributed by atoms with Crippen molar-refractivity contribution in [2.24, 2.45) is 11.1 Å². The van der Waals surface area contributed by atoms with Crippen molar-refractivity contribution in [1.82, 2.24) is 0 Å². The van der Waals surface area contributed by atoms with E-state index in [1.54, 1.807) is 0 Å². The van der Waals surface area contributed by atoms with E-state index in [4.69, 9.17) is 5.73 Å². The second kappa shape index (κ2) is 3.77. The van der Waals surface area contributed by atoms with Crippen LogP contribution in [0.1, 0.15) is 32.4 Å². The van der Waals surface area contributed by atoms with Crippen LogP contribution in [0.4, 0.5) is 8.78 Å². The average molecular weight is 215 g/mol. The van der Waals surface area contributed by atoms with Gasteiger partial charge in [0.05, 0.1) is 0 Å². The van der Waals surface area contributed by atoms with Crippen molar-refractivity contribution >= 4 is 0 Å². The smallest absolute Gasteiger partial charge is 0.134 e. The Labute approximate surface area is 87.7 Å². The lowest BCUT2D eigenvalue weighted by atomic mass is 9.82. The van der Waals surface area contributed by atoms with Gasteiger partial charge in [-0.2, -0.15) is 0 Å². The number of nitrogens with two attached hydrogens (primary N) is 1. The quantitative estimate of drug-likeness (QED) is 0.756. The third-order valence-corrected chi connectivity index (χ3v) is 2.32. The monoisotopic (exact) mass is 215 g/mol. The molecule has 0 spiro atoms. The first kappa shape index (κ1) is 11.9. The van der Waals surface area contributed by atoms with Crippen LogP contribution in [0.3, 0.4) is 0 Å². The van der Waals surface area contributed by atoms with Crippen LogP contribution in [0.25, 0.3) is 0 Å². The van der Waals surface area contributed by atoms with Crippen LogP contribution < -0.4 is 5.73 Å². The minimum atomic E-state index is -0.810. The third-order valence-electron chi connectivity index (χ3n) is 2.32. The van der Waals surface area contributed by atoms with Crippen LogP contribution in [-0.2, 0) is 0 Å². The molecule has 0 aliphatic carbocycles. The van der Waals surface area contributed by atoms with Crippen molar-refractivity contribution in [2.75, 3.05) is 0 Å². The molecule has 0 saturated carbocycles. The summed E-state index contributed by atoms with van der Waals surface area (Å²) in [5.74, 6) is -2.06. The van der Waals surface area contributed by atoms with E-state index in [2.05, 4.69) is 0 Å². The van der Waals surface area contributed by atoms with Gasteiger partial charge in [-0.3, -0.25) is 0 Å². The van der Waals surface area contributed by atoms with E-state index in [1.165, 1.54) is 0 Å². The molecule has 0 heterocycles. The van der Waals surface area contributed by atoms with Crippen LogP contribution in [0.15, 0.2) is 12.1 Å². The highest BCUT2D eigenvalue weighted by Crippen LogP contribution is 2.36. The zero-order valence-corrected chi connectivity index (χ0v) is 9.01. The topological polar surface area (TPSA) is 46.2 Å². The Balaban J connectivity index is 3.26. The summed E-state index contributed by atoms with van der Waals surface area (Å²) in [6.45, 7) is 5.46. The zero-order valence-electron chi connectivity index (χ0n) is 9.01. The van der Waals surface area contributed by atoms with Gasteiger partial charge in [0.2, 0.25) is 0 Å². The van der Waals surface area contributed by atoms with Gasteiger partial charge in [0.25, 0.3) is 0 Å². The molecule has 15 heavy (non-hydrogen) atoms. The lowest BCUT2D eigenvalue weighted by Crippen LogP contribution is -2.27. The van der Waals surface area contributed by atoms with E-state index < -0.39 is 28.8 Å². The van der Waals surface area contributed by atoms with Crippen LogP contribution in [0.5, 0.6) is 5.75 Å². The Bertz CT molecular complexity index is 348. The minimum Gasteiger partial charge on any atom is -0.507 e. The maximum atomic E-state index is 13.4. The van der Waals surface area contributed by atoms with Gasteiger partial charge in [-0.25, -0.2) is 8.78 Å². The number of hydrogen-bond donors (Lipinski definition) is 2. The summed E-state index contributed by atoms with van der Waals surface area (Å²) in [6.07, 6.45) is 0. The molecular formula is C11H15F2NO. The van der Waals surface area contributed by atoms with E-state index in [-0.39, 0.29) is 5.56 Å². The third kappa shape index (κ3) is 2.45. The molecule has 0 aliphatic rings. The van der Waals surface area contributed by atoms with Crippen molar-refractivity contribution < 1.29 is 13.9 Å². The predicted octanol–water partition coefficient (Wildman–Crippen LogP) is 2.72. The SMILES string of the molecule is CC(C)(C)[C@@H](N)c1c(O)cc(F)cc1F. The van der Waals surface area contributed by atoms with Gasteiger partial charge in [-0.05, 0) is 5.41 Å². The average Bonchev–Trinajstić information content (AvgIpc) is 1.99. The molecule has 1 aromatic carbocycles. The van der Waals surface area contributed by atoms with Crippen molar-refractivity contribution in [2.45, 2.75) is 26.8 Å². The normalized spacial score (nSPS) is 14.0. The summed E-state index contributed by atoms with van der Waals surface area (Å²) in [5.41, 5.74) is 5.36. The highest BCUT2D eigenvalue weighted by atomic mass is 19.1. The summed E-state index contributed by atoms with van der Waals surface area (Å²) in [6, 6.07) is 0.906. The molecule has 1 rings (SSSR count). The molecule has 0 fully saturated rings. The van der Waals surface area contributed by atoms with Gasteiger partial charge in [-0.1, -0.05) is 20.8 Å². The molecule has 0 saturated heterocycles. The molecular weight excluding hydrogens is 200 g/mol. The van der Waals surface area contributed by atoms with Crippen molar-refractivity contribution in [3.63, 3.8) is 0 Å². The number of halogens is 2. The van der Waals surface area contributed by atoms with Gasteiger partial charge in [0.1, 0.15) is 17.4 Å². The molecule has 1 atom stereocenters. The fourth-order valence-corrected chi connectivity index (χ4v) is 1.31. The Hall–Kier alpha value is -1.16. The maximum Gasteiger partial charge on any atom is 0.134 e. The maximum absolute atomic E-state index is 13.4. The second-order valence-corrected chi connectivity index (χ2v) is 4.66. The van der Waals surface area contributed by atoms with Gasteiger partial charge < -0.3 is 10.8 Å². The second-order valence-electron chi connectivity index (χ2n) is 4.66. The van der Waals surface area contributed by atoms with E-state index in [0.717, 1.165) is 12.1 Å². The molecule has 1 aromatic rings. The fourth-order valence-electron chi connectivity index (χ4n) is 1.31. The Kier molecular flexibility index (Phi) is 3.00. The molecule has 84 valence electrons. The molecule has 0 unspecified atom stereocenters. The minimum absolute atomic E-state index is 0.0381. The largest absolute Gasteiger partial charge is 0.507 e. The Morgan fingerprint density at radius 1 is 1.27 bits per heavy atom. The molecule has 2 nitrogen and oxygen atoms in total. The number of aromatic hydroxyl groups is 1. The highest BCUT2D eigenvalue weighted by Gasteiger charge is 2.27. The summed E-state index contributed by atoms with van der Waals surface area (Å²) in [4.78, 5) is 0. The summed E-state index contributed by atoms with van der Waals surface area (Å²) in [5, 5.41) is 9.45. The van der Waals surface area contributed by atoms with Crippen molar-refractivity contribution in [3.8, 4) is 5.75 Å². The molecule has 0 amide bonds. The fraction of sp³-hybridized carbons (Fsp3) is 0.455. The molecule has 3 N–H and O–H groups in total. The van der Waals surface area contributed by atoms with E-state index >= 15 is 0 Å². The Morgan fingerprint density at radius 2 is 1.80 bits per heavy atom. The van der Waals surface area contributed by atoms with Crippen LogP contribution >= 0.6 is 0 Å². The first-order chi connectivity index (χ1) is 6.73. The standard InChI is InChI=1S/C11H15F2NO/c1-11(2,3)10(14)9-7(13)4-6(12)5-8(9)15/h4-5,10,15H,14H2,1-3H3/t10-/m0/s1. The first-order valence-electron chi connectivity index (χ1n) is 4.67. The van der Waals surface area contributed by atoms with Crippen molar-refractivity contribution in [1.29, 1.82) is 0 Å². The molecule has 0 aromatic heterocycles. The van der Waals surface area contributed by atoms with Crippen molar-refractivity contribution in [3.05, 3.63) is 29.3 Å². The summed E-state index contributed by atoms with van der Waals surface area (Å²) in [7, 11) is 0. The summed E-state index contributed by atoms with van der Waals surface area (Å²) >= 11 is 0. The molecule has 0 bridgehead atoms. The number of benzene rings is 1. The lowest BCUT2D eigenvalue weighted by molar-refractivity contribution is 0.308. The molecule has 0 aliphatic heterocycles. The highest BCUT2D eigenvalue weighted by molar-refractivity contribution is 5.37. The van der Waals surface area contributed by atoms with E-state index in [0.29, 0.717) is 0 Å². The Morgan fingerprint density at radius 3 is 2.20 bits per heavy atom. The zero-order chi connectivity index (χ0) is 11.8. The van der Waals surface area contributed by atoms with Gasteiger partial charge in [0, 0.05) is 23.7 Å². The van der Waals surface area contributed by atoms with Crippen LogP contribution in [-0.4, -0.2) is 5.11 Å². The summed E-state index contributed by atoms with van der Waals surface area (Å²) < 4.78 is 26.1. The molecule has 4 heteroatoms. The van der Waals surface area contributed by atoms with E-state index in [9.17, 15) is 13.9 Å². The van der Waals surface area contributed by atoms with Crippen LogP contribution in [0, 0.1) is 17.0 Å². The number of phenolic OH excluding ortho intramolecular Hbond substituents is 1. The van der Waals surface area contributed by atoms with Gasteiger partial charge in [-0.15, -0.1) is 0 Å². The van der Waals surface area contributed by atoms with Crippen LogP contribution in [0.2, 0.25) is 0 Å². The molecule has 0 radical (unpaired) electrons. The number of hydrogen-bond acceptors (Lipinski definition) is 2. The van der Waals surface area contributed by atoms with E-state index in [1.807, 2.05) is 20.8 Å². The lowest BCUT2D eigenvalue weighted by Gasteiger charge is -2.28.